The van der Waals surface area contributed by atoms with Gasteiger partial charge in [0.1, 0.15) is 18.0 Å². The lowest BCUT2D eigenvalue weighted by Crippen LogP contribution is -2.29. The van der Waals surface area contributed by atoms with Gasteiger partial charge in [0.2, 0.25) is 0 Å². The average Bonchev–Trinajstić information content (AvgIpc) is 2.00. The highest BCUT2D eigenvalue weighted by Crippen LogP contribution is 2.07. The van der Waals surface area contributed by atoms with Crippen LogP contribution in [0.3, 0.4) is 0 Å². The summed E-state index contributed by atoms with van der Waals surface area (Å²) in [4.78, 5) is 9.93. The molecule has 0 aromatic carbocycles. The monoisotopic (exact) mass is 160 g/mol. The Bertz CT molecular complexity index is 169. The lowest BCUT2D eigenvalue weighted by Gasteiger charge is -2.12. The van der Waals surface area contributed by atoms with Crippen LogP contribution in [0.4, 0.5) is 0 Å². The van der Waals surface area contributed by atoms with Crippen LogP contribution in [0.2, 0.25) is 0 Å². The SMILES string of the molecule is CC(C)=C(O)[C@@H](O)[C@@H](O)C=O. The Morgan fingerprint density at radius 2 is 1.82 bits per heavy atom. The molecule has 0 heterocycles. The molecule has 0 bridgehead atoms. The van der Waals surface area contributed by atoms with E-state index in [0.717, 1.165) is 0 Å². The molecule has 0 unspecified atom stereocenters. The van der Waals surface area contributed by atoms with E-state index in [9.17, 15) is 4.79 Å². The van der Waals surface area contributed by atoms with Gasteiger partial charge in [0.25, 0.3) is 0 Å². The summed E-state index contributed by atoms with van der Waals surface area (Å²) in [7, 11) is 0. The zero-order valence-corrected chi connectivity index (χ0v) is 6.48. The lowest BCUT2D eigenvalue weighted by atomic mass is 10.1. The average molecular weight is 160 g/mol. The van der Waals surface area contributed by atoms with Gasteiger partial charge in [-0.3, -0.25) is 0 Å². The molecule has 0 aliphatic heterocycles. The summed E-state index contributed by atoms with van der Waals surface area (Å²) in [6.07, 6.45) is -2.88. The molecule has 0 saturated heterocycles. The highest BCUT2D eigenvalue weighted by Gasteiger charge is 2.19. The summed E-state index contributed by atoms with van der Waals surface area (Å²) in [6.45, 7) is 3.13. The molecule has 0 aliphatic carbocycles. The number of allylic oxidation sites excluding steroid dienone is 1. The van der Waals surface area contributed by atoms with Crippen LogP contribution >= 0.6 is 0 Å². The molecule has 0 fully saturated rings. The van der Waals surface area contributed by atoms with E-state index in [1.807, 2.05) is 0 Å². The van der Waals surface area contributed by atoms with Crippen LogP contribution < -0.4 is 0 Å². The second kappa shape index (κ2) is 4.10. The van der Waals surface area contributed by atoms with Crippen molar-refractivity contribution in [1.29, 1.82) is 0 Å². The highest BCUT2D eigenvalue weighted by atomic mass is 16.4. The maximum absolute atomic E-state index is 9.93. The van der Waals surface area contributed by atoms with Gasteiger partial charge in [-0.15, -0.1) is 0 Å². The topological polar surface area (TPSA) is 77.8 Å². The van der Waals surface area contributed by atoms with Crippen LogP contribution in [0.15, 0.2) is 11.3 Å². The first kappa shape index (κ1) is 10.1. The van der Waals surface area contributed by atoms with Crippen molar-refractivity contribution < 1.29 is 20.1 Å². The zero-order valence-electron chi connectivity index (χ0n) is 6.48. The summed E-state index contributed by atoms with van der Waals surface area (Å²) in [5.41, 5.74) is 0.471. The minimum atomic E-state index is -1.55. The van der Waals surface area contributed by atoms with E-state index in [4.69, 9.17) is 15.3 Å². The fourth-order valence-corrected chi connectivity index (χ4v) is 0.532. The molecular weight excluding hydrogens is 148 g/mol. The number of carbonyl (C=O) groups excluding carboxylic acids is 1. The molecule has 0 spiro atoms. The summed E-state index contributed by atoms with van der Waals surface area (Å²) in [6, 6.07) is 0. The van der Waals surface area contributed by atoms with Crippen molar-refractivity contribution >= 4 is 6.29 Å². The van der Waals surface area contributed by atoms with Crippen LogP contribution in [-0.4, -0.2) is 33.8 Å². The minimum Gasteiger partial charge on any atom is -0.510 e. The van der Waals surface area contributed by atoms with Gasteiger partial charge in [0, 0.05) is 0 Å². The molecule has 0 aliphatic rings. The quantitative estimate of drug-likeness (QED) is 0.393. The minimum absolute atomic E-state index is 0.170. The molecule has 4 heteroatoms. The van der Waals surface area contributed by atoms with Crippen molar-refractivity contribution in [2.45, 2.75) is 26.1 Å². The summed E-state index contributed by atoms with van der Waals surface area (Å²) < 4.78 is 0. The van der Waals surface area contributed by atoms with Crippen molar-refractivity contribution in [2.75, 3.05) is 0 Å². The van der Waals surface area contributed by atoms with Gasteiger partial charge < -0.3 is 20.1 Å². The zero-order chi connectivity index (χ0) is 9.02. The standard InChI is InChI=1S/C7H12O4/c1-4(2)6(10)7(11)5(9)3-8/h3,5,7,9-11H,1-2H3/t5-,7-/m0/s1. The Hall–Kier alpha value is -0.870. The largest absolute Gasteiger partial charge is 0.510 e. The molecule has 4 nitrogen and oxygen atoms in total. The normalized spacial score (nSPS) is 15.3. The molecule has 64 valence electrons. The van der Waals surface area contributed by atoms with Gasteiger partial charge in [0.05, 0.1) is 0 Å². The first-order valence-corrected chi connectivity index (χ1v) is 3.18. The molecule has 0 aromatic rings. The van der Waals surface area contributed by atoms with E-state index in [1.54, 1.807) is 13.8 Å². The Kier molecular flexibility index (Phi) is 3.78. The molecule has 0 rings (SSSR count). The number of aliphatic hydroxyl groups excluding tert-OH is 3. The second-order valence-electron chi connectivity index (χ2n) is 2.46. The van der Waals surface area contributed by atoms with Crippen molar-refractivity contribution in [3.05, 3.63) is 11.3 Å². The smallest absolute Gasteiger partial charge is 0.151 e. The maximum Gasteiger partial charge on any atom is 0.151 e. The fraction of sp³-hybridized carbons (Fsp3) is 0.571. The van der Waals surface area contributed by atoms with E-state index >= 15 is 0 Å². The molecule has 0 radical (unpaired) electrons. The maximum atomic E-state index is 9.93. The third-order valence-corrected chi connectivity index (χ3v) is 1.26. The van der Waals surface area contributed by atoms with Gasteiger partial charge in [-0.2, -0.15) is 0 Å². The van der Waals surface area contributed by atoms with Crippen LogP contribution in [-0.2, 0) is 4.79 Å². The summed E-state index contributed by atoms with van der Waals surface area (Å²) in [5, 5.41) is 26.7. The summed E-state index contributed by atoms with van der Waals surface area (Å²) in [5.74, 6) is -0.357. The Labute approximate surface area is 64.8 Å². The van der Waals surface area contributed by atoms with Crippen molar-refractivity contribution in [3.63, 3.8) is 0 Å². The Morgan fingerprint density at radius 1 is 1.36 bits per heavy atom. The highest BCUT2D eigenvalue weighted by molar-refractivity contribution is 5.57. The van der Waals surface area contributed by atoms with Crippen LogP contribution in [0.25, 0.3) is 0 Å². The first-order valence-electron chi connectivity index (χ1n) is 3.18. The van der Waals surface area contributed by atoms with Crippen molar-refractivity contribution in [1.82, 2.24) is 0 Å². The van der Waals surface area contributed by atoms with Gasteiger partial charge in [-0.25, -0.2) is 0 Å². The first-order chi connectivity index (χ1) is 5.00. The molecule has 2 atom stereocenters. The molecule has 11 heavy (non-hydrogen) atoms. The lowest BCUT2D eigenvalue weighted by molar-refractivity contribution is -0.119. The fourth-order valence-electron chi connectivity index (χ4n) is 0.532. The Morgan fingerprint density at radius 3 is 2.09 bits per heavy atom. The molecule has 0 saturated carbocycles. The second-order valence-corrected chi connectivity index (χ2v) is 2.46. The predicted molar refractivity (Wildman–Crippen MR) is 39.1 cm³/mol. The van der Waals surface area contributed by atoms with Crippen LogP contribution in [0.5, 0.6) is 0 Å². The number of rotatable bonds is 3. The Balaban J connectivity index is 4.36. The third-order valence-electron chi connectivity index (χ3n) is 1.26. The van der Waals surface area contributed by atoms with E-state index in [-0.39, 0.29) is 12.0 Å². The number of aliphatic hydroxyl groups is 3. The molecule has 0 amide bonds. The van der Waals surface area contributed by atoms with Gasteiger partial charge >= 0.3 is 0 Å². The van der Waals surface area contributed by atoms with Crippen LogP contribution in [0.1, 0.15) is 13.8 Å². The number of hydrogen-bond acceptors (Lipinski definition) is 4. The molecule has 3 N–H and O–H groups in total. The van der Waals surface area contributed by atoms with E-state index in [2.05, 4.69) is 0 Å². The van der Waals surface area contributed by atoms with Crippen LogP contribution in [0, 0.1) is 0 Å². The van der Waals surface area contributed by atoms with E-state index < -0.39 is 12.2 Å². The number of aldehydes is 1. The van der Waals surface area contributed by atoms with Crippen molar-refractivity contribution in [2.24, 2.45) is 0 Å². The van der Waals surface area contributed by atoms with E-state index in [1.165, 1.54) is 0 Å². The van der Waals surface area contributed by atoms with E-state index in [0.29, 0.717) is 5.57 Å². The van der Waals surface area contributed by atoms with Gasteiger partial charge in [-0.05, 0) is 19.4 Å². The molecule has 0 aromatic heterocycles. The number of carbonyl (C=O) groups is 1. The van der Waals surface area contributed by atoms with Crippen molar-refractivity contribution in [3.8, 4) is 0 Å². The summed E-state index contributed by atoms with van der Waals surface area (Å²) >= 11 is 0. The predicted octanol–water partition coefficient (Wildman–Crippen LogP) is -0.241. The van der Waals surface area contributed by atoms with Gasteiger partial charge in [0.15, 0.2) is 6.29 Å². The third kappa shape index (κ3) is 2.69. The number of hydrogen-bond donors (Lipinski definition) is 3. The molecular formula is C7H12O4. The van der Waals surface area contributed by atoms with Gasteiger partial charge in [-0.1, -0.05) is 0 Å².